The van der Waals surface area contributed by atoms with Gasteiger partial charge in [-0.25, -0.2) is 15.0 Å². The van der Waals surface area contributed by atoms with Crippen LogP contribution in [0.25, 0.3) is 33.5 Å². The fourth-order valence-electron chi connectivity index (χ4n) is 3.89. The van der Waals surface area contributed by atoms with Crippen molar-refractivity contribution < 1.29 is 0 Å². The molecule has 0 atom stereocenters. The van der Waals surface area contributed by atoms with Gasteiger partial charge in [-0.1, -0.05) is 50.2 Å². The molecule has 0 spiro atoms. The van der Waals surface area contributed by atoms with Gasteiger partial charge in [-0.15, -0.1) is 0 Å². The molecule has 0 saturated carbocycles. The second-order valence-electron chi connectivity index (χ2n) is 7.00. The Hall–Kier alpha value is -2.85. The molecule has 26 heavy (non-hydrogen) atoms. The van der Waals surface area contributed by atoms with E-state index in [0.29, 0.717) is 16.9 Å². The largest absolute Gasteiger partial charge is 0.249 e. The average molecular weight is 359 g/mol. The molecule has 1 aliphatic carbocycles. The number of rotatable bonds is 1. The minimum atomic E-state index is -0.0692. The van der Waals surface area contributed by atoms with Crippen LogP contribution in [0, 0.1) is 0 Å². The molecule has 0 unspecified atom stereocenters. The first-order valence-corrected chi connectivity index (χ1v) is 8.82. The monoisotopic (exact) mass is 358 g/mol. The number of halogens is 1. The molecule has 5 heteroatoms. The molecular weight excluding hydrogens is 344 g/mol. The summed E-state index contributed by atoms with van der Waals surface area (Å²) in [7, 11) is 0. The predicted molar refractivity (Wildman–Crippen MR) is 103 cm³/mol. The molecule has 2 heterocycles. The molecule has 0 radical (unpaired) electrons. The van der Waals surface area contributed by atoms with Gasteiger partial charge in [-0.05, 0) is 39.9 Å². The fourth-order valence-corrected chi connectivity index (χ4v) is 4.05. The molecule has 0 N–H and O–H groups in total. The molecule has 0 aliphatic heterocycles. The second-order valence-corrected chi connectivity index (χ2v) is 7.34. The van der Waals surface area contributed by atoms with Crippen LogP contribution < -0.4 is 0 Å². The molecule has 0 saturated heterocycles. The van der Waals surface area contributed by atoms with Gasteiger partial charge in [-0.2, -0.15) is 4.98 Å². The zero-order valence-electron chi connectivity index (χ0n) is 14.4. The summed E-state index contributed by atoms with van der Waals surface area (Å²) in [4.78, 5) is 17.3. The highest BCUT2D eigenvalue weighted by Crippen LogP contribution is 2.49. The summed E-state index contributed by atoms with van der Waals surface area (Å²) in [6.07, 6.45) is 3.26. The number of fused-ring (bicyclic) bond motifs is 4. The van der Waals surface area contributed by atoms with Crippen LogP contribution in [-0.4, -0.2) is 19.9 Å². The lowest BCUT2D eigenvalue weighted by Gasteiger charge is -2.21. The Morgan fingerprint density at radius 3 is 2.50 bits per heavy atom. The van der Waals surface area contributed by atoms with Gasteiger partial charge in [0.15, 0.2) is 5.65 Å². The fraction of sp³-hybridized carbons (Fsp3) is 0.143. The van der Waals surface area contributed by atoms with Gasteiger partial charge in [0.2, 0.25) is 5.28 Å². The molecule has 4 aromatic rings. The van der Waals surface area contributed by atoms with E-state index in [9.17, 15) is 0 Å². The lowest BCUT2D eigenvalue weighted by Crippen LogP contribution is -2.15. The number of hydrogen-bond donors (Lipinski definition) is 0. The molecule has 4 nitrogen and oxygen atoms in total. The van der Waals surface area contributed by atoms with Crippen molar-refractivity contribution in [3.63, 3.8) is 0 Å². The summed E-state index contributed by atoms with van der Waals surface area (Å²) in [5, 5.41) is 0.177. The number of aromatic nitrogens is 4. The normalized spacial score (nSPS) is 14.3. The summed E-state index contributed by atoms with van der Waals surface area (Å²) >= 11 is 6.13. The van der Waals surface area contributed by atoms with Gasteiger partial charge in [0.25, 0.3) is 0 Å². The Morgan fingerprint density at radius 1 is 0.846 bits per heavy atom. The summed E-state index contributed by atoms with van der Waals surface area (Å²) in [6.45, 7) is 4.51. The van der Waals surface area contributed by atoms with Gasteiger partial charge >= 0.3 is 0 Å². The lowest BCUT2D eigenvalue weighted by atomic mass is 9.82. The number of hydrogen-bond acceptors (Lipinski definition) is 4. The Bertz CT molecular complexity index is 1180. The zero-order chi connectivity index (χ0) is 17.9. The van der Waals surface area contributed by atoms with Crippen molar-refractivity contribution >= 4 is 22.8 Å². The molecule has 0 bridgehead atoms. The van der Waals surface area contributed by atoms with Gasteiger partial charge in [0.05, 0.1) is 0 Å². The maximum Gasteiger partial charge on any atom is 0.225 e. The van der Waals surface area contributed by atoms with Crippen molar-refractivity contribution in [2.24, 2.45) is 0 Å². The van der Waals surface area contributed by atoms with Crippen LogP contribution in [0.1, 0.15) is 25.0 Å². The Morgan fingerprint density at radius 2 is 1.62 bits per heavy atom. The van der Waals surface area contributed by atoms with Crippen LogP contribution in [0.3, 0.4) is 0 Å². The Labute approximate surface area is 155 Å². The predicted octanol–water partition coefficient (Wildman–Crippen LogP) is 5.05. The quantitative estimate of drug-likeness (QED) is 0.447. The summed E-state index contributed by atoms with van der Waals surface area (Å²) in [5.41, 5.74) is 7.97. The zero-order valence-corrected chi connectivity index (χ0v) is 15.1. The van der Waals surface area contributed by atoms with Crippen molar-refractivity contribution in [2.45, 2.75) is 19.3 Å². The third-order valence-electron chi connectivity index (χ3n) is 5.16. The van der Waals surface area contributed by atoms with Crippen LogP contribution in [-0.2, 0) is 5.41 Å². The number of nitrogens with zero attached hydrogens (tertiary/aromatic N) is 4. The van der Waals surface area contributed by atoms with Crippen LogP contribution in [0.5, 0.6) is 0 Å². The van der Waals surface area contributed by atoms with Crippen molar-refractivity contribution in [1.82, 2.24) is 19.9 Å². The van der Waals surface area contributed by atoms with Gasteiger partial charge in [-0.3, -0.25) is 0 Å². The summed E-state index contributed by atoms with van der Waals surface area (Å²) < 4.78 is 0. The maximum absolute atomic E-state index is 6.13. The van der Waals surface area contributed by atoms with E-state index in [4.69, 9.17) is 11.6 Å². The van der Waals surface area contributed by atoms with Crippen molar-refractivity contribution in [3.05, 3.63) is 71.3 Å². The average Bonchev–Trinajstić information content (AvgIpc) is 2.89. The maximum atomic E-state index is 6.13. The van der Waals surface area contributed by atoms with Gasteiger partial charge in [0.1, 0.15) is 11.2 Å². The molecule has 126 valence electrons. The van der Waals surface area contributed by atoms with Crippen LogP contribution in [0.4, 0.5) is 0 Å². The molecule has 2 aromatic carbocycles. The van der Waals surface area contributed by atoms with Gasteiger partial charge in [0, 0.05) is 23.4 Å². The van der Waals surface area contributed by atoms with Crippen molar-refractivity contribution in [2.75, 3.05) is 0 Å². The second kappa shape index (κ2) is 5.32. The molecule has 0 amide bonds. The van der Waals surface area contributed by atoms with E-state index in [1.54, 1.807) is 12.4 Å². The standard InChI is InChI=1S/C21H15ClN4/c1-21(2)15-6-4-3-5-13(15)14-8-7-12(11-16(14)21)17-18-19(24-10-9-23-18)26-20(22)25-17/h3-11H,1-2H3. The van der Waals surface area contributed by atoms with E-state index in [-0.39, 0.29) is 10.7 Å². The summed E-state index contributed by atoms with van der Waals surface area (Å²) in [6, 6.07) is 15.0. The van der Waals surface area contributed by atoms with E-state index >= 15 is 0 Å². The van der Waals surface area contributed by atoms with E-state index in [2.05, 4.69) is 76.2 Å². The van der Waals surface area contributed by atoms with Crippen LogP contribution >= 0.6 is 11.6 Å². The van der Waals surface area contributed by atoms with Crippen molar-refractivity contribution in [1.29, 1.82) is 0 Å². The molecule has 0 fully saturated rings. The minimum Gasteiger partial charge on any atom is -0.249 e. The third-order valence-corrected chi connectivity index (χ3v) is 5.33. The highest BCUT2D eigenvalue weighted by atomic mass is 35.5. The number of benzene rings is 2. The molecular formula is C21H15ClN4. The first kappa shape index (κ1) is 15.4. The first-order valence-electron chi connectivity index (χ1n) is 8.45. The van der Waals surface area contributed by atoms with Crippen molar-refractivity contribution in [3.8, 4) is 22.4 Å². The molecule has 5 rings (SSSR count). The smallest absolute Gasteiger partial charge is 0.225 e. The van der Waals surface area contributed by atoms with E-state index in [1.807, 2.05) is 0 Å². The third kappa shape index (κ3) is 2.09. The topological polar surface area (TPSA) is 51.6 Å². The highest BCUT2D eigenvalue weighted by molar-refractivity contribution is 6.28. The molecule has 1 aliphatic rings. The SMILES string of the molecule is CC1(C)c2ccccc2-c2ccc(-c3nc(Cl)nc4nccnc34)cc21. The highest BCUT2D eigenvalue weighted by Gasteiger charge is 2.35. The van der Waals surface area contributed by atoms with E-state index in [0.717, 1.165) is 5.56 Å². The lowest BCUT2D eigenvalue weighted by molar-refractivity contribution is 0.660. The minimum absolute atomic E-state index is 0.0692. The Balaban J connectivity index is 1.77. The van der Waals surface area contributed by atoms with Crippen LogP contribution in [0.2, 0.25) is 5.28 Å². The van der Waals surface area contributed by atoms with E-state index < -0.39 is 0 Å². The molecule has 2 aromatic heterocycles. The van der Waals surface area contributed by atoms with Crippen LogP contribution in [0.15, 0.2) is 54.9 Å². The van der Waals surface area contributed by atoms with Gasteiger partial charge < -0.3 is 0 Å². The van der Waals surface area contributed by atoms with E-state index in [1.165, 1.54) is 22.3 Å². The first-order chi connectivity index (χ1) is 12.6. The summed E-state index contributed by atoms with van der Waals surface area (Å²) in [5.74, 6) is 0. The Kier molecular flexibility index (Phi) is 3.15.